The van der Waals surface area contributed by atoms with Gasteiger partial charge in [0.25, 0.3) is 5.91 Å². The summed E-state index contributed by atoms with van der Waals surface area (Å²) in [4.78, 5) is 27.1. The standard InChI is InChI=1S/C17H20N2O4/c1-10-14(17(21)23-4)11(2)19-15(10)16(20)18-9-12-7-5-6-8-13(12)22-3/h5-8,19H,9H2,1-4H3,(H,18,20). The molecule has 2 N–H and O–H groups in total. The number of H-pyrrole nitrogens is 1. The Hall–Kier alpha value is -2.76. The van der Waals surface area contributed by atoms with Crippen molar-refractivity contribution in [3.05, 3.63) is 52.3 Å². The zero-order chi connectivity index (χ0) is 17.0. The third kappa shape index (κ3) is 3.36. The molecule has 23 heavy (non-hydrogen) atoms. The molecular weight excluding hydrogens is 296 g/mol. The monoisotopic (exact) mass is 316 g/mol. The quantitative estimate of drug-likeness (QED) is 0.830. The van der Waals surface area contributed by atoms with Crippen LogP contribution in [0.3, 0.4) is 0 Å². The summed E-state index contributed by atoms with van der Waals surface area (Å²) in [5.74, 6) is -0.0332. The molecule has 0 aliphatic heterocycles. The van der Waals surface area contributed by atoms with Crippen LogP contribution in [0.1, 0.15) is 37.7 Å². The van der Waals surface area contributed by atoms with E-state index in [0.29, 0.717) is 34.8 Å². The van der Waals surface area contributed by atoms with Crippen molar-refractivity contribution in [1.82, 2.24) is 10.3 Å². The number of aromatic amines is 1. The Morgan fingerprint density at radius 1 is 1.17 bits per heavy atom. The average Bonchev–Trinajstić information content (AvgIpc) is 2.86. The number of amides is 1. The molecule has 0 aliphatic carbocycles. The van der Waals surface area contributed by atoms with Crippen LogP contribution in [0.5, 0.6) is 5.75 Å². The van der Waals surface area contributed by atoms with Gasteiger partial charge < -0.3 is 19.8 Å². The van der Waals surface area contributed by atoms with Gasteiger partial charge in [0.2, 0.25) is 0 Å². The Balaban J connectivity index is 2.17. The molecule has 0 atom stereocenters. The van der Waals surface area contributed by atoms with Gasteiger partial charge in [0.15, 0.2) is 0 Å². The smallest absolute Gasteiger partial charge is 0.339 e. The van der Waals surface area contributed by atoms with Crippen molar-refractivity contribution in [2.45, 2.75) is 20.4 Å². The van der Waals surface area contributed by atoms with Crippen molar-refractivity contribution in [2.75, 3.05) is 14.2 Å². The maximum absolute atomic E-state index is 12.4. The number of nitrogens with one attached hydrogen (secondary N) is 2. The highest BCUT2D eigenvalue weighted by Gasteiger charge is 2.22. The first-order valence-electron chi connectivity index (χ1n) is 7.17. The fourth-order valence-corrected chi connectivity index (χ4v) is 2.50. The first kappa shape index (κ1) is 16.6. The Kier molecular flexibility index (Phi) is 5.05. The van der Waals surface area contributed by atoms with Gasteiger partial charge in [0.05, 0.1) is 19.8 Å². The van der Waals surface area contributed by atoms with Gasteiger partial charge in [0.1, 0.15) is 11.4 Å². The molecule has 0 radical (unpaired) electrons. The van der Waals surface area contributed by atoms with Gasteiger partial charge in [-0.1, -0.05) is 18.2 Å². The van der Waals surface area contributed by atoms with E-state index < -0.39 is 5.97 Å². The van der Waals surface area contributed by atoms with Crippen LogP contribution in [0.15, 0.2) is 24.3 Å². The molecular formula is C17H20N2O4. The summed E-state index contributed by atoms with van der Waals surface area (Å²) in [6.45, 7) is 3.78. The minimum Gasteiger partial charge on any atom is -0.496 e. The highest BCUT2D eigenvalue weighted by molar-refractivity contribution is 6.00. The third-order valence-corrected chi connectivity index (χ3v) is 3.69. The van der Waals surface area contributed by atoms with Crippen molar-refractivity contribution in [2.24, 2.45) is 0 Å². The lowest BCUT2D eigenvalue weighted by molar-refractivity contribution is 0.0599. The van der Waals surface area contributed by atoms with Crippen molar-refractivity contribution < 1.29 is 19.1 Å². The lowest BCUT2D eigenvalue weighted by Gasteiger charge is -2.09. The number of hydrogen-bond donors (Lipinski definition) is 2. The summed E-state index contributed by atoms with van der Waals surface area (Å²) in [6, 6.07) is 7.46. The minimum absolute atomic E-state index is 0.286. The highest BCUT2D eigenvalue weighted by Crippen LogP contribution is 2.20. The number of methoxy groups -OCH3 is 2. The van der Waals surface area contributed by atoms with Gasteiger partial charge in [-0.25, -0.2) is 4.79 Å². The Morgan fingerprint density at radius 3 is 2.52 bits per heavy atom. The maximum atomic E-state index is 12.4. The van der Waals surface area contributed by atoms with E-state index in [0.717, 1.165) is 5.56 Å². The molecule has 1 aromatic heterocycles. The van der Waals surface area contributed by atoms with E-state index >= 15 is 0 Å². The minimum atomic E-state index is -0.458. The average molecular weight is 316 g/mol. The summed E-state index contributed by atoms with van der Waals surface area (Å²) < 4.78 is 10.00. The van der Waals surface area contributed by atoms with Gasteiger partial charge in [-0.05, 0) is 25.5 Å². The van der Waals surface area contributed by atoms with Crippen LogP contribution >= 0.6 is 0 Å². The van der Waals surface area contributed by atoms with E-state index in [1.165, 1.54) is 7.11 Å². The lowest BCUT2D eigenvalue weighted by Crippen LogP contribution is -2.24. The van der Waals surface area contributed by atoms with Crippen molar-refractivity contribution in [1.29, 1.82) is 0 Å². The third-order valence-electron chi connectivity index (χ3n) is 3.69. The zero-order valence-electron chi connectivity index (χ0n) is 13.6. The van der Waals surface area contributed by atoms with Crippen LogP contribution in [0, 0.1) is 13.8 Å². The molecule has 2 aromatic rings. The van der Waals surface area contributed by atoms with Gasteiger partial charge >= 0.3 is 5.97 Å². The van der Waals surface area contributed by atoms with E-state index in [4.69, 9.17) is 9.47 Å². The molecule has 2 rings (SSSR count). The van der Waals surface area contributed by atoms with Gasteiger partial charge in [-0.2, -0.15) is 0 Å². The van der Waals surface area contributed by atoms with E-state index in [9.17, 15) is 9.59 Å². The van der Waals surface area contributed by atoms with Gasteiger partial charge in [-0.15, -0.1) is 0 Å². The molecule has 1 aromatic carbocycles. The molecule has 0 saturated carbocycles. The normalized spacial score (nSPS) is 10.3. The summed E-state index contributed by atoms with van der Waals surface area (Å²) in [5.41, 5.74) is 2.81. The number of aryl methyl sites for hydroxylation is 1. The predicted molar refractivity (Wildman–Crippen MR) is 85.8 cm³/mol. The molecule has 1 heterocycles. The van der Waals surface area contributed by atoms with Crippen LogP contribution < -0.4 is 10.1 Å². The Labute approximate surface area is 134 Å². The SMILES string of the molecule is COC(=O)c1c(C)[nH]c(C(=O)NCc2ccccc2OC)c1C. The second-order valence-corrected chi connectivity index (χ2v) is 5.11. The van der Waals surface area contributed by atoms with E-state index in [-0.39, 0.29) is 5.91 Å². The van der Waals surface area contributed by atoms with E-state index in [2.05, 4.69) is 10.3 Å². The molecule has 0 bridgehead atoms. The molecule has 1 amide bonds. The summed E-state index contributed by atoms with van der Waals surface area (Å²) in [7, 11) is 2.90. The molecule has 6 nitrogen and oxygen atoms in total. The summed E-state index contributed by atoms with van der Waals surface area (Å²) in [5, 5.41) is 2.83. The molecule has 122 valence electrons. The molecule has 0 spiro atoms. The number of ether oxygens (including phenoxy) is 2. The fourth-order valence-electron chi connectivity index (χ4n) is 2.50. The Morgan fingerprint density at radius 2 is 1.87 bits per heavy atom. The van der Waals surface area contributed by atoms with E-state index in [1.54, 1.807) is 21.0 Å². The number of esters is 1. The summed E-state index contributed by atoms with van der Waals surface area (Å²) >= 11 is 0. The largest absolute Gasteiger partial charge is 0.496 e. The second kappa shape index (κ2) is 7.00. The van der Waals surface area contributed by atoms with Crippen molar-refractivity contribution in [3.8, 4) is 5.75 Å². The van der Waals surface area contributed by atoms with Gasteiger partial charge in [-0.3, -0.25) is 4.79 Å². The van der Waals surface area contributed by atoms with Crippen LogP contribution in [-0.2, 0) is 11.3 Å². The number of rotatable bonds is 5. The number of aromatic nitrogens is 1. The predicted octanol–water partition coefficient (Wildman–Crippen LogP) is 2.36. The molecule has 0 fully saturated rings. The lowest BCUT2D eigenvalue weighted by atomic mass is 10.1. The molecule has 6 heteroatoms. The highest BCUT2D eigenvalue weighted by atomic mass is 16.5. The maximum Gasteiger partial charge on any atom is 0.339 e. The number of para-hydroxylation sites is 1. The van der Waals surface area contributed by atoms with Crippen molar-refractivity contribution >= 4 is 11.9 Å². The second-order valence-electron chi connectivity index (χ2n) is 5.11. The Bertz CT molecular complexity index is 734. The number of benzene rings is 1. The first-order valence-corrected chi connectivity index (χ1v) is 7.17. The fraction of sp³-hybridized carbons (Fsp3) is 0.294. The van der Waals surface area contributed by atoms with Crippen LogP contribution in [0.4, 0.5) is 0 Å². The van der Waals surface area contributed by atoms with Crippen LogP contribution in [-0.4, -0.2) is 31.1 Å². The van der Waals surface area contributed by atoms with Crippen molar-refractivity contribution in [3.63, 3.8) is 0 Å². The molecule has 0 aliphatic rings. The number of carbonyl (C=O) groups is 2. The topological polar surface area (TPSA) is 80.4 Å². The molecule has 0 saturated heterocycles. The first-order chi connectivity index (χ1) is 11.0. The van der Waals surface area contributed by atoms with E-state index in [1.807, 2.05) is 24.3 Å². The summed E-state index contributed by atoms with van der Waals surface area (Å²) in [6.07, 6.45) is 0. The van der Waals surface area contributed by atoms with Gasteiger partial charge in [0, 0.05) is 17.8 Å². The molecule has 0 unspecified atom stereocenters. The number of hydrogen-bond acceptors (Lipinski definition) is 4. The zero-order valence-corrected chi connectivity index (χ0v) is 13.6. The number of carbonyl (C=O) groups excluding carboxylic acids is 2. The van der Waals surface area contributed by atoms with Crippen LogP contribution in [0.25, 0.3) is 0 Å². The van der Waals surface area contributed by atoms with Crippen LogP contribution in [0.2, 0.25) is 0 Å².